The molecule has 1 aromatic rings. The van der Waals surface area contributed by atoms with E-state index < -0.39 is 0 Å². The van der Waals surface area contributed by atoms with Gasteiger partial charge in [0.2, 0.25) is 0 Å². The monoisotopic (exact) mass is 206 g/mol. The van der Waals surface area contributed by atoms with Crippen molar-refractivity contribution in [1.82, 2.24) is 15.3 Å². The molecular formula is C10H14N4O. The number of hydrogen-bond acceptors (Lipinski definition) is 4. The van der Waals surface area contributed by atoms with E-state index in [1.807, 2.05) is 0 Å². The van der Waals surface area contributed by atoms with Crippen molar-refractivity contribution < 1.29 is 0 Å². The lowest BCUT2D eigenvalue weighted by atomic mass is 10.0. The Bertz CT molecular complexity index is 404. The first-order valence-corrected chi connectivity index (χ1v) is 5.34. The molecule has 0 saturated carbocycles. The molecule has 2 saturated heterocycles. The molecule has 2 N–H and O–H groups in total. The number of aromatic nitrogens is 2. The van der Waals surface area contributed by atoms with Crippen molar-refractivity contribution in [3.63, 3.8) is 0 Å². The van der Waals surface area contributed by atoms with Crippen molar-refractivity contribution in [1.29, 1.82) is 0 Å². The van der Waals surface area contributed by atoms with E-state index in [0.717, 1.165) is 26.2 Å². The Labute approximate surface area is 87.5 Å². The summed E-state index contributed by atoms with van der Waals surface area (Å²) < 4.78 is 0. The van der Waals surface area contributed by atoms with Crippen LogP contribution in [0, 0.1) is 11.8 Å². The number of rotatable bonds is 1. The van der Waals surface area contributed by atoms with Crippen LogP contribution in [0.4, 0.5) is 5.82 Å². The van der Waals surface area contributed by atoms with Crippen LogP contribution in [0.25, 0.3) is 0 Å². The molecular weight excluding hydrogens is 192 g/mol. The fourth-order valence-corrected chi connectivity index (χ4v) is 2.60. The molecule has 5 nitrogen and oxygen atoms in total. The second-order valence-corrected chi connectivity index (χ2v) is 4.33. The lowest BCUT2D eigenvalue weighted by molar-refractivity contribution is 0.533. The number of nitrogens with one attached hydrogen (secondary N) is 2. The molecule has 5 heteroatoms. The van der Waals surface area contributed by atoms with Gasteiger partial charge in [-0.1, -0.05) is 0 Å². The van der Waals surface area contributed by atoms with Crippen molar-refractivity contribution in [3.8, 4) is 0 Å². The van der Waals surface area contributed by atoms with Gasteiger partial charge in [-0.3, -0.25) is 4.79 Å². The molecule has 15 heavy (non-hydrogen) atoms. The first-order valence-electron chi connectivity index (χ1n) is 5.34. The quantitative estimate of drug-likeness (QED) is 0.645. The van der Waals surface area contributed by atoms with Gasteiger partial charge >= 0.3 is 0 Å². The third-order valence-electron chi connectivity index (χ3n) is 3.38. The van der Waals surface area contributed by atoms with E-state index in [4.69, 9.17) is 0 Å². The lowest BCUT2D eigenvalue weighted by Gasteiger charge is -2.16. The second-order valence-electron chi connectivity index (χ2n) is 4.33. The van der Waals surface area contributed by atoms with E-state index in [-0.39, 0.29) is 5.56 Å². The van der Waals surface area contributed by atoms with Gasteiger partial charge in [0.15, 0.2) is 5.82 Å². The van der Waals surface area contributed by atoms with Crippen LogP contribution < -0.4 is 15.8 Å². The Kier molecular flexibility index (Phi) is 1.98. The Morgan fingerprint density at radius 3 is 2.73 bits per heavy atom. The molecule has 3 heterocycles. The molecule has 2 aliphatic heterocycles. The van der Waals surface area contributed by atoms with E-state index >= 15 is 0 Å². The highest BCUT2D eigenvalue weighted by Gasteiger charge is 2.37. The van der Waals surface area contributed by atoms with Crippen molar-refractivity contribution in [2.45, 2.75) is 0 Å². The molecule has 0 unspecified atom stereocenters. The summed E-state index contributed by atoms with van der Waals surface area (Å²) in [5, 5.41) is 3.38. The molecule has 80 valence electrons. The molecule has 0 bridgehead atoms. The van der Waals surface area contributed by atoms with Gasteiger partial charge in [-0.15, -0.1) is 0 Å². The van der Waals surface area contributed by atoms with Crippen LogP contribution in [0.2, 0.25) is 0 Å². The average molecular weight is 206 g/mol. The molecule has 1 aromatic heterocycles. The Morgan fingerprint density at radius 1 is 1.33 bits per heavy atom. The highest BCUT2D eigenvalue weighted by atomic mass is 16.1. The van der Waals surface area contributed by atoms with E-state index in [2.05, 4.69) is 20.2 Å². The van der Waals surface area contributed by atoms with Gasteiger partial charge in [-0.2, -0.15) is 0 Å². The van der Waals surface area contributed by atoms with Gasteiger partial charge in [0, 0.05) is 38.6 Å². The highest BCUT2D eigenvalue weighted by Crippen LogP contribution is 2.27. The summed E-state index contributed by atoms with van der Waals surface area (Å²) >= 11 is 0. The number of hydrogen-bond donors (Lipinski definition) is 2. The number of anilines is 1. The normalized spacial score (nSPS) is 29.5. The Balaban J connectivity index is 1.86. The molecule has 0 aromatic carbocycles. The largest absolute Gasteiger partial charge is 0.351 e. The summed E-state index contributed by atoms with van der Waals surface area (Å²) in [6, 6.07) is 0. The van der Waals surface area contributed by atoms with Crippen LogP contribution in [0.5, 0.6) is 0 Å². The third-order valence-corrected chi connectivity index (χ3v) is 3.38. The highest BCUT2D eigenvalue weighted by molar-refractivity contribution is 5.37. The molecule has 2 fully saturated rings. The van der Waals surface area contributed by atoms with Crippen LogP contribution >= 0.6 is 0 Å². The van der Waals surface area contributed by atoms with Crippen LogP contribution in [0.15, 0.2) is 17.2 Å². The van der Waals surface area contributed by atoms with Gasteiger partial charge in [-0.05, 0) is 11.8 Å². The van der Waals surface area contributed by atoms with Gasteiger partial charge in [0.25, 0.3) is 5.56 Å². The number of H-pyrrole nitrogens is 1. The summed E-state index contributed by atoms with van der Waals surface area (Å²) in [7, 11) is 0. The molecule has 2 aliphatic rings. The summed E-state index contributed by atoms with van der Waals surface area (Å²) in [4.78, 5) is 20.5. The van der Waals surface area contributed by atoms with E-state index in [0.29, 0.717) is 17.7 Å². The van der Waals surface area contributed by atoms with Crippen molar-refractivity contribution in [2.75, 3.05) is 31.1 Å². The van der Waals surface area contributed by atoms with Gasteiger partial charge < -0.3 is 15.2 Å². The van der Waals surface area contributed by atoms with Gasteiger partial charge in [0.05, 0.1) is 0 Å². The smallest absolute Gasteiger partial charge is 0.290 e. The van der Waals surface area contributed by atoms with Crippen LogP contribution in [-0.4, -0.2) is 36.1 Å². The number of fused-ring (bicyclic) bond motifs is 1. The lowest BCUT2D eigenvalue weighted by Crippen LogP contribution is -2.30. The average Bonchev–Trinajstić information content (AvgIpc) is 2.77. The Morgan fingerprint density at radius 2 is 2.07 bits per heavy atom. The van der Waals surface area contributed by atoms with E-state index in [1.54, 1.807) is 12.4 Å². The molecule has 2 atom stereocenters. The SMILES string of the molecule is O=c1[nH]ccnc1N1C[C@H]2CNC[C@H]2C1. The minimum Gasteiger partial charge on any atom is -0.351 e. The van der Waals surface area contributed by atoms with Crippen LogP contribution in [0.3, 0.4) is 0 Å². The topological polar surface area (TPSA) is 61.0 Å². The van der Waals surface area contributed by atoms with E-state index in [1.165, 1.54) is 0 Å². The fourth-order valence-electron chi connectivity index (χ4n) is 2.60. The van der Waals surface area contributed by atoms with Crippen LogP contribution in [-0.2, 0) is 0 Å². The molecule has 0 radical (unpaired) electrons. The zero-order chi connectivity index (χ0) is 10.3. The summed E-state index contributed by atoms with van der Waals surface area (Å²) in [5.41, 5.74) is -0.0783. The van der Waals surface area contributed by atoms with Crippen molar-refractivity contribution >= 4 is 5.82 Å². The number of aromatic amines is 1. The second kappa shape index (κ2) is 3.34. The standard InChI is InChI=1S/C10H14N4O/c15-10-9(12-1-2-13-10)14-5-7-3-11-4-8(7)6-14/h1-2,7-8,11H,3-6H2,(H,13,15)/t7-,8+. The van der Waals surface area contributed by atoms with Crippen LogP contribution in [0.1, 0.15) is 0 Å². The van der Waals surface area contributed by atoms with E-state index in [9.17, 15) is 4.79 Å². The zero-order valence-corrected chi connectivity index (χ0v) is 8.44. The maximum atomic E-state index is 11.6. The minimum atomic E-state index is -0.0783. The van der Waals surface area contributed by atoms with Crippen molar-refractivity contribution in [2.24, 2.45) is 11.8 Å². The molecule has 0 spiro atoms. The zero-order valence-electron chi connectivity index (χ0n) is 8.44. The summed E-state index contributed by atoms with van der Waals surface area (Å²) in [5.74, 6) is 1.95. The molecule has 0 amide bonds. The maximum absolute atomic E-state index is 11.6. The minimum absolute atomic E-state index is 0.0783. The van der Waals surface area contributed by atoms with Crippen molar-refractivity contribution in [3.05, 3.63) is 22.7 Å². The predicted molar refractivity (Wildman–Crippen MR) is 56.9 cm³/mol. The fraction of sp³-hybridized carbons (Fsp3) is 0.600. The molecule has 0 aliphatic carbocycles. The Hall–Kier alpha value is -1.36. The maximum Gasteiger partial charge on any atom is 0.290 e. The summed E-state index contributed by atoms with van der Waals surface area (Å²) in [6.45, 7) is 4.06. The number of nitrogens with zero attached hydrogens (tertiary/aromatic N) is 2. The third kappa shape index (κ3) is 1.43. The van der Waals surface area contributed by atoms with Gasteiger partial charge in [0.1, 0.15) is 0 Å². The van der Waals surface area contributed by atoms with Gasteiger partial charge in [-0.25, -0.2) is 4.98 Å². The predicted octanol–water partition coefficient (Wildman–Crippen LogP) is -0.575. The molecule has 3 rings (SSSR count). The first-order chi connectivity index (χ1) is 7.34. The first kappa shape index (κ1) is 8.91. The summed E-state index contributed by atoms with van der Waals surface area (Å²) in [6.07, 6.45) is 3.22.